The topological polar surface area (TPSA) is 60.3 Å². The van der Waals surface area contributed by atoms with Crippen molar-refractivity contribution in [3.8, 4) is 0 Å². The number of quaternary nitrogens is 1. The van der Waals surface area contributed by atoms with E-state index in [9.17, 15) is 0 Å². The Hall–Kier alpha value is 0.0734. The van der Waals surface area contributed by atoms with Crippen LogP contribution in [0.2, 0.25) is 0 Å². The van der Waals surface area contributed by atoms with Crippen molar-refractivity contribution < 1.29 is 19.5 Å². The summed E-state index contributed by atoms with van der Waals surface area (Å²) in [6.07, 6.45) is 0. The van der Waals surface area contributed by atoms with Crippen LogP contribution in [-0.2, 0) is 19.5 Å². The molecule has 0 aromatic heterocycles. The van der Waals surface area contributed by atoms with E-state index < -0.39 is 0 Å². The van der Waals surface area contributed by atoms with Crippen molar-refractivity contribution in [1.82, 2.24) is 6.15 Å². The number of rotatable bonds is 0. The molecule has 0 radical (unpaired) electrons. The van der Waals surface area contributed by atoms with E-state index in [1.54, 1.807) is 0 Å². The van der Waals surface area contributed by atoms with E-state index >= 15 is 0 Å². The maximum absolute atomic E-state index is 6.25. The molecule has 0 bridgehead atoms. The van der Waals surface area contributed by atoms with Crippen molar-refractivity contribution in [2.45, 2.75) is 0 Å². The zero-order chi connectivity index (χ0) is 2.00. The summed E-state index contributed by atoms with van der Waals surface area (Å²) in [5.41, 5.74) is 0. The molecule has 2 nitrogen and oxygen atoms in total. The van der Waals surface area contributed by atoms with Gasteiger partial charge in [0.05, 0.1) is 0 Å². The van der Waals surface area contributed by atoms with Gasteiger partial charge in [-0.2, -0.15) is 0 Å². The Morgan fingerprint density at radius 2 is 1.25 bits per heavy atom. The summed E-state index contributed by atoms with van der Waals surface area (Å²) in [5.74, 6) is 0. The SMILES string of the molecule is [C-]#N.[NH4+].[Zn]. The Morgan fingerprint density at radius 3 is 1.25 bits per heavy atom. The summed E-state index contributed by atoms with van der Waals surface area (Å²) < 4.78 is 0. The first kappa shape index (κ1) is 33.4. The molecule has 0 aliphatic rings. The molecule has 0 heterocycles. The molecule has 0 aliphatic carbocycles. The van der Waals surface area contributed by atoms with Crippen LogP contribution in [0.15, 0.2) is 0 Å². The minimum atomic E-state index is 0. The molecule has 0 saturated heterocycles. The molecule has 0 rings (SSSR count). The molecule has 0 fully saturated rings. The van der Waals surface area contributed by atoms with Crippen LogP contribution in [0.25, 0.3) is 0 Å². The van der Waals surface area contributed by atoms with Crippen LogP contribution in [0.1, 0.15) is 0 Å². The summed E-state index contributed by atoms with van der Waals surface area (Å²) in [7, 11) is 0. The van der Waals surface area contributed by atoms with Crippen molar-refractivity contribution in [1.29, 1.82) is 5.26 Å². The molecule has 0 aliphatic heterocycles. The second kappa shape index (κ2) is 2450. The van der Waals surface area contributed by atoms with Crippen LogP contribution >= 0.6 is 0 Å². The summed E-state index contributed by atoms with van der Waals surface area (Å²) in [4.78, 5) is 0. The maximum atomic E-state index is 6.25. The molecule has 0 aromatic carbocycles. The third-order valence-corrected chi connectivity index (χ3v) is 0. The zero-order valence-electron chi connectivity index (χ0n) is 2.65. The van der Waals surface area contributed by atoms with Crippen LogP contribution in [-0.4, -0.2) is 0 Å². The summed E-state index contributed by atoms with van der Waals surface area (Å²) >= 11 is 0. The number of hydrogen-bond donors (Lipinski definition) is 1. The molecule has 4 N–H and O–H groups in total. The predicted molar refractivity (Wildman–Crippen MR) is 11.0 cm³/mol. The Labute approximate surface area is 38.2 Å². The van der Waals surface area contributed by atoms with Gasteiger partial charge in [-0.25, -0.2) is 0 Å². The average Bonchev–Trinajstić information content (AvgIpc) is 1.00. The molecule has 0 saturated carbocycles. The fourth-order valence-corrected chi connectivity index (χ4v) is 0. The molecule has 0 aromatic rings. The van der Waals surface area contributed by atoms with E-state index in [1.165, 1.54) is 0 Å². The summed E-state index contributed by atoms with van der Waals surface area (Å²) in [5, 5.41) is 6.25. The first-order chi connectivity index (χ1) is 1.00. The fraction of sp³-hybridized carbons (Fsp3) is 0. The monoisotopic (exact) mass is 108 g/mol. The van der Waals surface area contributed by atoms with Gasteiger partial charge in [0.1, 0.15) is 0 Å². The van der Waals surface area contributed by atoms with Gasteiger partial charge in [-0.15, -0.1) is 0 Å². The van der Waals surface area contributed by atoms with Crippen molar-refractivity contribution in [2.75, 3.05) is 0 Å². The first-order valence-electron chi connectivity index (χ1n) is 0.224. The van der Waals surface area contributed by atoms with E-state index in [0.29, 0.717) is 0 Å². The maximum Gasteiger partial charge on any atom is 0 e. The second-order valence-corrected chi connectivity index (χ2v) is 0. The molecule has 0 amide bonds. The van der Waals surface area contributed by atoms with Gasteiger partial charge >= 0.3 is 0 Å². The van der Waals surface area contributed by atoms with Crippen LogP contribution in [0.5, 0.6) is 0 Å². The normalized spacial score (nSPS) is 0.500. The van der Waals surface area contributed by atoms with Crippen molar-refractivity contribution in [2.24, 2.45) is 0 Å². The molecular weight excluding hydrogens is 105 g/mol. The molecule has 20 valence electrons. The van der Waals surface area contributed by atoms with Gasteiger partial charge in [-0.3, -0.25) is 0 Å². The van der Waals surface area contributed by atoms with Gasteiger partial charge in [0.15, 0.2) is 0 Å². The van der Waals surface area contributed by atoms with Crippen LogP contribution in [0, 0.1) is 11.8 Å². The third-order valence-electron chi connectivity index (χ3n) is 0. The molecule has 0 spiro atoms. The van der Waals surface area contributed by atoms with Crippen LogP contribution in [0.4, 0.5) is 0 Å². The minimum absolute atomic E-state index is 0. The van der Waals surface area contributed by atoms with E-state index in [4.69, 9.17) is 11.8 Å². The summed E-state index contributed by atoms with van der Waals surface area (Å²) in [6.45, 7) is 4.75. The minimum Gasteiger partial charge on any atom is -0.512 e. The standard InChI is InChI=1S/CN.H3N.Zn/c1-2;;/h;1H3;/q-1;;/p+1. The average molecular weight is 109 g/mol. The summed E-state index contributed by atoms with van der Waals surface area (Å²) in [6, 6.07) is 0. The largest absolute Gasteiger partial charge is 0.512 e. The second-order valence-electron chi connectivity index (χ2n) is 0. The third kappa shape index (κ3) is 444. The number of hydrogen-bond acceptors (Lipinski definition) is 1. The van der Waals surface area contributed by atoms with E-state index in [0.717, 1.165) is 0 Å². The smallest absolute Gasteiger partial charge is 0 e. The Morgan fingerprint density at radius 1 is 1.25 bits per heavy atom. The number of nitrogens with zero attached hydrogens (tertiary/aromatic N) is 1. The van der Waals surface area contributed by atoms with E-state index in [1.807, 2.05) is 0 Å². The van der Waals surface area contributed by atoms with E-state index in [2.05, 4.69) is 0 Å². The quantitative estimate of drug-likeness (QED) is 0.357. The van der Waals surface area contributed by atoms with Gasteiger partial charge < -0.3 is 18.0 Å². The van der Waals surface area contributed by atoms with Gasteiger partial charge in [-0.1, -0.05) is 0 Å². The zero-order valence-corrected chi connectivity index (χ0v) is 5.62. The Bertz CT molecular complexity index is 10.8. The Kier molecular flexibility index (Phi) is 20500. The fourth-order valence-electron chi connectivity index (χ4n) is 0. The molecule has 4 heavy (non-hydrogen) atoms. The van der Waals surface area contributed by atoms with Crippen molar-refractivity contribution in [3.63, 3.8) is 0 Å². The first-order valence-corrected chi connectivity index (χ1v) is 0.224. The van der Waals surface area contributed by atoms with Crippen molar-refractivity contribution in [3.05, 3.63) is 6.57 Å². The predicted octanol–water partition coefficient (Wildman–Crippen LogP) is 0.470. The van der Waals surface area contributed by atoms with Crippen molar-refractivity contribution >= 4 is 0 Å². The van der Waals surface area contributed by atoms with E-state index in [-0.39, 0.29) is 25.6 Å². The molecular formula is CH4N2Zn. The molecule has 3 heteroatoms. The van der Waals surface area contributed by atoms with Gasteiger partial charge in [0.2, 0.25) is 0 Å². The molecule has 0 unspecified atom stereocenters. The van der Waals surface area contributed by atoms with Crippen LogP contribution < -0.4 is 6.15 Å². The van der Waals surface area contributed by atoms with Gasteiger partial charge in [0.25, 0.3) is 0 Å². The van der Waals surface area contributed by atoms with Crippen LogP contribution in [0.3, 0.4) is 0 Å². The van der Waals surface area contributed by atoms with Gasteiger partial charge in [0, 0.05) is 19.5 Å². The Balaban J connectivity index is -0.00000000500. The van der Waals surface area contributed by atoms with Gasteiger partial charge in [-0.05, 0) is 0 Å². The molecule has 0 atom stereocenters.